The number of amides is 2. The first-order chi connectivity index (χ1) is 13.4. The molecule has 1 aliphatic rings. The standard InChI is InChI=1S/C21H27N3O4/c1-13(2)19(25)23-18(10-15-11-22-17-8-4-3-7-16(15)17)20(26)24-9-5-6-14(12-24)21(27)28/h3-4,7-8,11,13-14,18,22H,5-6,9-10,12H2,1-2H3,(H,23,25)(H,27,28). The van der Waals surface area contributed by atoms with Gasteiger partial charge in [0, 0.05) is 42.5 Å². The summed E-state index contributed by atoms with van der Waals surface area (Å²) in [5, 5.41) is 13.2. The highest BCUT2D eigenvalue weighted by Crippen LogP contribution is 2.22. The summed E-state index contributed by atoms with van der Waals surface area (Å²) in [5.74, 6) is -2.08. The molecule has 1 aliphatic heterocycles. The van der Waals surface area contributed by atoms with Crippen LogP contribution in [0.4, 0.5) is 0 Å². The molecule has 2 unspecified atom stereocenters. The smallest absolute Gasteiger partial charge is 0.308 e. The zero-order chi connectivity index (χ0) is 20.3. The zero-order valence-corrected chi connectivity index (χ0v) is 16.3. The second-order valence-electron chi connectivity index (χ2n) is 7.74. The third-order valence-electron chi connectivity index (χ3n) is 5.32. The number of para-hydroxylation sites is 1. The molecule has 150 valence electrons. The molecular formula is C21H27N3O4. The predicted octanol–water partition coefficient (Wildman–Crippen LogP) is 2.17. The van der Waals surface area contributed by atoms with Gasteiger partial charge >= 0.3 is 5.97 Å². The highest BCUT2D eigenvalue weighted by atomic mass is 16.4. The summed E-state index contributed by atoms with van der Waals surface area (Å²) >= 11 is 0. The summed E-state index contributed by atoms with van der Waals surface area (Å²) in [6.07, 6.45) is 3.45. The van der Waals surface area contributed by atoms with Gasteiger partial charge in [-0.1, -0.05) is 32.0 Å². The van der Waals surface area contributed by atoms with Crippen LogP contribution in [0.3, 0.4) is 0 Å². The van der Waals surface area contributed by atoms with Gasteiger partial charge in [-0.2, -0.15) is 0 Å². The Morgan fingerprint density at radius 1 is 1.29 bits per heavy atom. The van der Waals surface area contributed by atoms with Gasteiger partial charge in [0.1, 0.15) is 6.04 Å². The molecule has 0 saturated carbocycles. The topological polar surface area (TPSA) is 103 Å². The Bertz CT molecular complexity index is 873. The lowest BCUT2D eigenvalue weighted by molar-refractivity contribution is -0.147. The molecule has 1 aromatic heterocycles. The Morgan fingerprint density at radius 2 is 2.04 bits per heavy atom. The average molecular weight is 385 g/mol. The van der Waals surface area contributed by atoms with E-state index in [4.69, 9.17) is 0 Å². The SMILES string of the molecule is CC(C)C(=O)NC(Cc1c[nH]c2ccccc12)C(=O)N1CCCC(C(=O)O)C1. The zero-order valence-electron chi connectivity index (χ0n) is 16.3. The Balaban J connectivity index is 1.82. The van der Waals surface area contributed by atoms with Crippen LogP contribution in [0.15, 0.2) is 30.5 Å². The minimum Gasteiger partial charge on any atom is -0.481 e. The number of nitrogens with zero attached hydrogens (tertiary/aromatic N) is 1. The van der Waals surface area contributed by atoms with Gasteiger partial charge < -0.3 is 20.3 Å². The first kappa shape index (κ1) is 19.9. The van der Waals surface area contributed by atoms with Gasteiger partial charge in [0.15, 0.2) is 0 Å². The molecule has 28 heavy (non-hydrogen) atoms. The van der Waals surface area contributed by atoms with Crippen LogP contribution in [-0.4, -0.2) is 51.9 Å². The van der Waals surface area contributed by atoms with Crippen LogP contribution in [0.5, 0.6) is 0 Å². The number of aromatic amines is 1. The lowest BCUT2D eigenvalue weighted by Crippen LogP contribution is -2.53. The molecule has 2 heterocycles. The number of aromatic nitrogens is 1. The van der Waals surface area contributed by atoms with Crippen molar-refractivity contribution in [3.05, 3.63) is 36.0 Å². The number of carbonyl (C=O) groups excluding carboxylic acids is 2. The van der Waals surface area contributed by atoms with Crippen LogP contribution >= 0.6 is 0 Å². The lowest BCUT2D eigenvalue weighted by atomic mass is 9.96. The summed E-state index contributed by atoms with van der Waals surface area (Å²) in [5.41, 5.74) is 1.92. The van der Waals surface area contributed by atoms with Crippen LogP contribution in [0.1, 0.15) is 32.3 Å². The van der Waals surface area contributed by atoms with E-state index in [-0.39, 0.29) is 24.3 Å². The lowest BCUT2D eigenvalue weighted by Gasteiger charge is -2.33. The fourth-order valence-corrected chi connectivity index (χ4v) is 3.66. The number of likely N-dealkylation sites (tertiary alicyclic amines) is 1. The van der Waals surface area contributed by atoms with Crippen molar-refractivity contribution >= 4 is 28.7 Å². The van der Waals surface area contributed by atoms with E-state index >= 15 is 0 Å². The number of piperidine rings is 1. The molecule has 2 atom stereocenters. The molecule has 7 nitrogen and oxygen atoms in total. The molecule has 1 aromatic carbocycles. The van der Waals surface area contributed by atoms with Crippen molar-refractivity contribution in [2.75, 3.05) is 13.1 Å². The van der Waals surface area contributed by atoms with E-state index in [1.54, 1.807) is 18.7 Å². The van der Waals surface area contributed by atoms with Crippen molar-refractivity contribution in [1.29, 1.82) is 0 Å². The Morgan fingerprint density at radius 3 is 2.75 bits per heavy atom. The number of hydrogen-bond donors (Lipinski definition) is 3. The number of rotatable bonds is 6. The molecule has 0 aliphatic carbocycles. The molecule has 1 fully saturated rings. The molecule has 2 amide bonds. The summed E-state index contributed by atoms with van der Waals surface area (Å²) in [7, 11) is 0. The number of carbonyl (C=O) groups is 3. The van der Waals surface area contributed by atoms with Crippen molar-refractivity contribution in [2.24, 2.45) is 11.8 Å². The summed E-state index contributed by atoms with van der Waals surface area (Å²) < 4.78 is 0. The van der Waals surface area contributed by atoms with Crippen molar-refractivity contribution < 1.29 is 19.5 Å². The Hall–Kier alpha value is -2.83. The number of carboxylic acid groups (broad SMARTS) is 1. The van der Waals surface area contributed by atoms with E-state index in [0.717, 1.165) is 16.5 Å². The highest BCUT2D eigenvalue weighted by molar-refractivity contribution is 5.90. The summed E-state index contributed by atoms with van der Waals surface area (Å²) in [4.78, 5) is 41.6. The molecule has 0 radical (unpaired) electrons. The Kier molecular flexibility index (Phi) is 6.02. The molecule has 3 N–H and O–H groups in total. The van der Waals surface area contributed by atoms with Crippen LogP contribution in [0, 0.1) is 11.8 Å². The molecule has 7 heteroatoms. The second kappa shape index (κ2) is 8.46. The van der Waals surface area contributed by atoms with Gasteiger partial charge in [-0.3, -0.25) is 14.4 Å². The van der Waals surface area contributed by atoms with E-state index in [1.807, 2.05) is 30.5 Å². The number of hydrogen-bond acceptors (Lipinski definition) is 3. The van der Waals surface area contributed by atoms with Gasteiger partial charge in [-0.05, 0) is 24.5 Å². The van der Waals surface area contributed by atoms with E-state index in [1.165, 1.54) is 0 Å². The highest BCUT2D eigenvalue weighted by Gasteiger charge is 2.33. The van der Waals surface area contributed by atoms with Crippen molar-refractivity contribution in [1.82, 2.24) is 15.2 Å². The maximum atomic E-state index is 13.2. The number of benzene rings is 1. The van der Waals surface area contributed by atoms with Gasteiger partial charge in [0.05, 0.1) is 5.92 Å². The number of carboxylic acids is 1. The largest absolute Gasteiger partial charge is 0.481 e. The van der Waals surface area contributed by atoms with Crippen LogP contribution < -0.4 is 5.32 Å². The molecule has 2 aromatic rings. The molecule has 0 spiro atoms. The van der Waals surface area contributed by atoms with Crippen molar-refractivity contribution in [2.45, 2.75) is 39.2 Å². The fraction of sp³-hybridized carbons (Fsp3) is 0.476. The third-order valence-corrected chi connectivity index (χ3v) is 5.32. The number of H-pyrrole nitrogens is 1. The average Bonchev–Trinajstić information content (AvgIpc) is 3.09. The first-order valence-electron chi connectivity index (χ1n) is 9.73. The monoisotopic (exact) mass is 385 g/mol. The number of fused-ring (bicyclic) bond motifs is 1. The fourth-order valence-electron chi connectivity index (χ4n) is 3.66. The van der Waals surface area contributed by atoms with Gasteiger partial charge in [0.25, 0.3) is 0 Å². The van der Waals surface area contributed by atoms with E-state index < -0.39 is 17.9 Å². The minimum atomic E-state index is -0.878. The van der Waals surface area contributed by atoms with E-state index in [9.17, 15) is 19.5 Å². The normalized spacial score (nSPS) is 18.2. The quantitative estimate of drug-likeness (QED) is 0.709. The first-order valence-corrected chi connectivity index (χ1v) is 9.73. The molecule has 3 rings (SSSR count). The second-order valence-corrected chi connectivity index (χ2v) is 7.74. The van der Waals surface area contributed by atoms with Crippen LogP contribution in [-0.2, 0) is 20.8 Å². The van der Waals surface area contributed by atoms with E-state index in [2.05, 4.69) is 10.3 Å². The van der Waals surface area contributed by atoms with Crippen LogP contribution in [0.25, 0.3) is 10.9 Å². The minimum absolute atomic E-state index is 0.190. The van der Waals surface area contributed by atoms with E-state index in [0.29, 0.717) is 25.8 Å². The maximum absolute atomic E-state index is 13.2. The van der Waals surface area contributed by atoms with Gasteiger partial charge in [-0.25, -0.2) is 0 Å². The number of aliphatic carboxylic acids is 1. The van der Waals surface area contributed by atoms with Gasteiger partial charge in [0.2, 0.25) is 11.8 Å². The van der Waals surface area contributed by atoms with Crippen LogP contribution in [0.2, 0.25) is 0 Å². The molecular weight excluding hydrogens is 358 g/mol. The number of nitrogens with one attached hydrogen (secondary N) is 2. The molecule has 0 bridgehead atoms. The predicted molar refractivity (Wildman–Crippen MR) is 106 cm³/mol. The van der Waals surface area contributed by atoms with Gasteiger partial charge in [-0.15, -0.1) is 0 Å². The maximum Gasteiger partial charge on any atom is 0.308 e. The summed E-state index contributed by atoms with van der Waals surface area (Å²) in [6.45, 7) is 4.27. The van der Waals surface area contributed by atoms with Crippen molar-refractivity contribution in [3.8, 4) is 0 Å². The molecule has 1 saturated heterocycles. The summed E-state index contributed by atoms with van der Waals surface area (Å²) in [6, 6.07) is 7.09. The third kappa shape index (κ3) is 4.35. The Labute approximate surface area is 164 Å². The van der Waals surface area contributed by atoms with Crippen molar-refractivity contribution in [3.63, 3.8) is 0 Å².